The molecule has 0 bridgehead atoms. The number of rotatable bonds is 7. The molecular formula is C21H26ClN5OS. The van der Waals surface area contributed by atoms with Crippen LogP contribution in [0.2, 0.25) is 0 Å². The smallest absolute Gasteiger partial charge is 0.273 e. The van der Waals surface area contributed by atoms with Crippen LogP contribution in [0.3, 0.4) is 0 Å². The fourth-order valence-corrected chi connectivity index (χ4v) is 4.42. The summed E-state index contributed by atoms with van der Waals surface area (Å²) in [6, 6.07) is 15.2. The average Bonchev–Trinajstić information content (AvgIpc) is 3.25. The molecule has 2 aromatic carbocycles. The fraction of sp³-hybridized carbons (Fsp3) is 0.381. The Bertz CT molecular complexity index is 936. The summed E-state index contributed by atoms with van der Waals surface area (Å²) in [7, 11) is 0. The highest BCUT2D eigenvalue weighted by Crippen LogP contribution is 2.22. The Labute approximate surface area is 181 Å². The van der Waals surface area contributed by atoms with Crippen molar-refractivity contribution in [3.63, 3.8) is 0 Å². The summed E-state index contributed by atoms with van der Waals surface area (Å²) in [5.74, 6) is 1.64. The molecule has 4 rings (SSSR count). The van der Waals surface area contributed by atoms with Crippen molar-refractivity contribution >= 4 is 40.8 Å². The van der Waals surface area contributed by atoms with Gasteiger partial charge in [-0.1, -0.05) is 47.7 Å². The first-order chi connectivity index (χ1) is 13.8. The minimum Gasteiger partial charge on any atom is -0.350 e. The second kappa shape index (κ2) is 10.6. The molecule has 154 valence electrons. The summed E-state index contributed by atoms with van der Waals surface area (Å²) in [5, 5.41) is 17.0. The number of hydrogen-bond acceptors (Lipinski definition) is 5. The number of hydrogen-bond donors (Lipinski definition) is 2. The van der Waals surface area contributed by atoms with Crippen molar-refractivity contribution in [1.29, 1.82) is 0 Å². The number of fused-ring (bicyclic) bond motifs is 1. The van der Waals surface area contributed by atoms with Crippen LogP contribution >= 0.6 is 24.2 Å². The SMILES string of the molecule is Cl.O=C(NCCSCc1cccc2ccccc12)c1cn(C2CCNCC2)nn1. The predicted octanol–water partition coefficient (Wildman–Crippen LogP) is 3.44. The monoisotopic (exact) mass is 431 g/mol. The van der Waals surface area contributed by atoms with Gasteiger partial charge in [0.1, 0.15) is 0 Å². The lowest BCUT2D eigenvalue weighted by molar-refractivity contribution is 0.0951. The van der Waals surface area contributed by atoms with Gasteiger partial charge in [-0.2, -0.15) is 11.8 Å². The largest absolute Gasteiger partial charge is 0.350 e. The second-order valence-electron chi connectivity index (χ2n) is 7.01. The lowest BCUT2D eigenvalue weighted by Crippen LogP contribution is -2.29. The number of benzene rings is 2. The van der Waals surface area contributed by atoms with Crippen LogP contribution in [0.15, 0.2) is 48.7 Å². The quantitative estimate of drug-likeness (QED) is 0.560. The topological polar surface area (TPSA) is 71.8 Å². The van der Waals surface area contributed by atoms with E-state index in [0.29, 0.717) is 18.3 Å². The molecule has 6 nitrogen and oxygen atoms in total. The molecule has 3 aromatic rings. The van der Waals surface area contributed by atoms with Gasteiger partial charge in [0.2, 0.25) is 0 Å². The van der Waals surface area contributed by atoms with Gasteiger partial charge in [-0.25, -0.2) is 4.68 Å². The van der Waals surface area contributed by atoms with Gasteiger partial charge >= 0.3 is 0 Å². The molecule has 0 unspecified atom stereocenters. The molecule has 0 saturated carbocycles. The highest BCUT2D eigenvalue weighted by atomic mass is 35.5. The zero-order chi connectivity index (χ0) is 19.2. The number of aromatic nitrogens is 3. The third-order valence-corrected chi connectivity index (χ3v) is 6.10. The summed E-state index contributed by atoms with van der Waals surface area (Å²) in [6.45, 7) is 2.59. The zero-order valence-corrected chi connectivity index (χ0v) is 17.8. The van der Waals surface area contributed by atoms with Crippen molar-refractivity contribution in [2.75, 3.05) is 25.4 Å². The maximum atomic E-state index is 12.3. The second-order valence-corrected chi connectivity index (χ2v) is 8.12. The summed E-state index contributed by atoms with van der Waals surface area (Å²) in [6.07, 6.45) is 3.82. The van der Waals surface area contributed by atoms with Crippen LogP contribution in [0.25, 0.3) is 10.8 Å². The maximum Gasteiger partial charge on any atom is 0.273 e. The Balaban J connectivity index is 0.00000240. The number of carbonyl (C=O) groups is 1. The number of carbonyl (C=O) groups excluding carboxylic acids is 1. The van der Waals surface area contributed by atoms with Gasteiger partial charge in [-0.05, 0) is 42.3 Å². The normalized spacial score (nSPS) is 14.5. The van der Waals surface area contributed by atoms with Crippen molar-refractivity contribution in [3.05, 3.63) is 59.9 Å². The molecule has 1 aromatic heterocycles. The van der Waals surface area contributed by atoms with E-state index in [1.165, 1.54) is 16.3 Å². The fourth-order valence-electron chi connectivity index (χ4n) is 3.56. The van der Waals surface area contributed by atoms with E-state index in [2.05, 4.69) is 63.4 Å². The van der Waals surface area contributed by atoms with Gasteiger partial charge in [0, 0.05) is 18.1 Å². The first-order valence-corrected chi connectivity index (χ1v) is 10.9. The van der Waals surface area contributed by atoms with Crippen molar-refractivity contribution in [2.24, 2.45) is 0 Å². The number of piperidine rings is 1. The van der Waals surface area contributed by atoms with Crippen LogP contribution in [0.5, 0.6) is 0 Å². The Kier molecular flexibility index (Phi) is 7.91. The minimum absolute atomic E-state index is 0. The molecule has 1 aliphatic rings. The van der Waals surface area contributed by atoms with Crippen LogP contribution in [0.4, 0.5) is 0 Å². The molecule has 2 N–H and O–H groups in total. The van der Waals surface area contributed by atoms with Crippen LogP contribution in [0.1, 0.15) is 34.9 Å². The van der Waals surface area contributed by atoms with Gasteiger partial charge in [-0.3, -0.25) is 4.79 Å². The number of halogens is 1. The third kappa shape index (κ3) is 5.50. The number of nitrogens with zero attached hydrogens (tertiary/aromatic N) is 3. The van der Waals surface area contributed by atoms with Crippen LogP contribution in [0, 0.1) is 0 Å². The van der Waals surface area contributed by atoms with E-state index in [1.807, 2.05) is 16.4 Å². The average molecular weight is 432 g/mol. The van der Waals surface area contributed by atoms with Gasteiger partial charge in [0.25, 0.3) is 5.91 Å². The van der Waals surface area contributed by atoms with E-state index in [9.17, 15) is 4.79 Å². The molecule has 0 radical (unpaired) electrons. The highest BCUT2D eigenvalue weighted by molar-refractivity contribution is 7.98. The molecule has 8 heteroatoms. The Morgan fingerprint density at radius 1 is 1.17 bits per heavy atom. The van der Waals surface area contributed by atoms with E-state index in [1.54, 1.807) is 6.20 Å². The van der Waals surface area contributed by atoms with Crippen LogP contribution in [-0.4, -0.2) is 46.3 Å². The lowest BCUT2D eigenvalue weighted by Gasteiger charge is -2.22. The Morgan fingerprint density at radius 2 is 1.97 bits per heavy atom. The van der Waals surface area contributed by atoms with Gasteiger partial charge in [-0.15, -0.1) is 17.5 Å². The molecule has 0 aliphatic carbocycles. The van der Waals surface area contributed by atoms with Crippen molar-refractivity contribution in [2.45, 2.75) is 24.6 Å². The number of amides is 1. The van der Waals surface area contributed by atoms with Gasteiger partial charge in [0.05, 0.1) is 12.2 Å². The summed E-state index contributed by atoms with van der Waals surface area (Å²) in [5.41, 5.74) is 1.73. The van der Waals surface area contributed by atoms with E-state index in [-0.39, 0.29) is 18.3 Å². The van der Waals surface area contributed by atoms with E-state index in [4.69, 9.17) is 0 Å². The number of nitrogens with one attached hydrogen (secondary N) is 2. The standard InChI is InChI=1S/C21H25N5OS.ClH/c27-21(20-14-26(25-24-20)18-8-10-22-11-9-18)23-12-13-28-15-17-6-3-5-16-4-1-2-7-19(16)17;/h1-7,14,18,22H,8-13,15H2,(H,23,27);1H. The molecule has 1 saturated heterocycles. The third-order valence-electron chi connectivity index (χ3n) is 5.10. The van der Waals surface area contributed by atoms with E-state index >= 15 is 0 Å². The molecule has 1 fully saturated rings. The molecule has 29 heavy (non-hydrogen) atoms. The van der Waals surface area contributed by atoms with Crippen molar-refractivity contribution in [3.8, 4) is 0 Å². The minimum atomic E-state index is -0.147. The molecule has 1 amide bonds. The van der Waals surface area contributed by atoms with Gasteiger partial charge in [0.15, 0.2) is 5.69 Å². The Morgan fingerprint density at radius 3 is 2.83 bits per heavy atom. The first-order valence-electron chi connectivity index (χ1n) is 9.76. The maximum absolute atomic E-state index is 12.3. The molecule has 2 heterocycles. The molecule has 0 atom stereocenters. The molecular weight excluding hydrogens is 406 g/mol. The van der Waals surface area contributed by atoms with Crippen LogP contribution in [-0.2, 0) is 5.75 Å². The predicted molar refractivity (Wildman–Crippen MR) is 121 cm³/mol. The summed E-state index contributed by atoms with van der Waals surface area (Å²) >= 11 is 1.82. The molecule has 0 spiro atoms. The molecule has 1 aliphatic heterocycles. The zero-order valence-electron chi connectivity index (χ0n) is 16.2. The van der Waals surface area contributed by atoms with E-state index < -0.39 is 0 Å². The first kappa shape index (κ1) is 21.6. The summed E-state index contributed by atoms with van der Waals surface area (Å²) in [4.78, 5) is 12.3. The Hall–Kier alpha value is -2.09. The van der Waals surface area contributed by atoms with Gasteiger partial charge < -0.3 is 10.6 Å². The highest BCUT2D eigenvalue weighted by Gasteiger charge is 2.18. The van der Waals surface area contributed by atoms with Crippen molar-refractivity contribution in [1.82, 2.24) is 25.6 Å². The van der Waals surface area contributed by atoms with Crippen molar-refractivity contribution < 1.29 is 4.79 Å². The number of thioether (sulfide) groups is 1. The van der Waals surface area contributed by atoms with E-state index in [0.717, 1.165) is 37.4 Å². The summed E-state index contributed by atoms with van der Waals surface area (Å²) < 4.78 is 1.84. The van der Waals surface area contributed by atoms with Crippen LogP contribution < -0.4 is 10.6 Å². The lowest BCUT2D eigenvalue weighted by atomic mass is 10.1.